The number of hydrogen-bond acceptors (Lipinski definition) is 3. The van der Waals surface area contributed by atoms with Crippen LogP contribution in [0.25, 0.3) is 0 Å². The molecule has 2 N–H and O–H groups in total. The third-order valence-corrected chi connectivity index (χ3v) is 3.01. The number of aromatic nitrogens is 2. The van der Waals surface area contributed by atoms with Crippen LogP contribution in [0.4, 0.5) is 5.69 Å². The third-order valence-electron chi connectivity index (χ3n) is 3.01. The lowest BCUT2D eigenvalue weighted by molar-refractivity contribution is 0.626. The Morgan fingerprint density at radius 2 is 2.00 bits per heavy atom. The van der Waals surface area contributed by atoms with Crippen molar-refractivity contribution in [3.05, 3.63) is 57.8 Å². The van der Waals surface area contributed by atoms with E-state index in [-0.39, 0.29) is 5.69 Å². The van der Waals surface area contributed by atoms with Crippen molar-refractivity contribution in [2.75, 3.05) is 5.73 Å². The standard InChI is InChI=1S/C14H17N3O/c1-10-9-11(2)17(14(18)16-10)8-7-12-5-3-4-6-13(12)15/h3-6,9H,7-8,15H2,1-2H3. The molecule has 0 unspecified atom stereocenters. The van der Waals surface area contributed by atoms with Gasteiger partial charge in [0, 0.05) is 23.6 Å². The zero-order valence-electron chi connectivity index (χ0n) is 10.7. The fourth-order valence-electron chi connectivity index (χ4n) is 2.04. The van der Waals surface area contributed by atoms with Crippen molar-refractivity contribution in [2.45, 2.75) is 26.8 Å². The van der Waals surface area contributed by atoms with Crippen molar-refractivity contribution >= 4 is 5.69 Å². The summed E-state index contributed by atoms with van der Waals surface area (Å²) in [5.74, 6) is 0. The molecule has 0 aliphatic carbocycles. The predicted molar refractivity (Wildman–Crippen MR) is 72.5 cm³/mol. The van der Waals surface area contributed by atoms with Crippen molar-refractivity contribution < 1.29 is 0 Å². The highest BCUT2D eigenvalue weighted by atomic mass is 16.1. The lowest BCUT2D eigenvalue weighted by Gasteiger charge is -2.10. The number of hydrogen-bond donors (Lipinski definition) is 1. The Kier molecular flexibility index (Phi) is 3.46. The monoisotopic (exact) mass is 243 g/mol. The van der Waals surface area contributed by atoms with Gasteiger partial charge < -0.3 is 5.73 Å². The molecule has 0 spiro atoms. The molecular weight excluding hydrogens is 226 g/mol. The Labute approximate surface area is 106 Å². The summed E-state index contributed by atoms with van der Waals surface area (Å²) in [6.45, 7) is 4.35. The van der Waals surface area contributed by atoms with Crippen LogP contribution in [0.1, 0.15) is 17.0 Å². The van der Waals surface area contributed by atoms with Gasteiger partial charge in [-0.2, -0.15) is 4.98 Å². The molecule has 2 aromatic rings. The molecule has 0 amide bonds. The average Bonchev–Trinajstić information content (AvgIpc) is 2.30. The number of anilines is 1. The maximum absolute atomic E-state index is 11.8. The highest BCUT2D eigenvalue weighted by Crippen LogP contribution is 2.12. The molecule has 0 aliphatic heterocycles. The fourth-order valence-corrected chi connectivity index (χ4v) is 2.04. The van der Waals surface area contributed by atoms with E-state index in [2.05, 4.69) is 4.98 Å². The smallest absolute Gasteiger partial charge is 0.347 e. The molecular formula is C14H17N3O. The van der Waals surface area contributed by atoms with E-state index in [0.29, 0.717) is 6.54 Å². The van der Waals surface area contributed by atoms with Gasteiger partial charge in [-0.1, -0.05) is 18.2 Å². The SMILES string of the molecule is Cc1cc(C)n(CCc2ccccc2N)c(=O)n1. The maximum atomic E-state index is 11.8. The highest BCUT2D eigenvalue weighted by Gasteiger charge is 2.04. The van der Waals surface area contributed by atoms with Crippen LogP contribution in [-0.2, 0) is 13.0 Å². The first kappa shape index (κ1) is 12.4. The van der Waals surface area contributed by atoms with Crippen molar-refractivity contribution in [1.82, 2.24) is 9.55 Å². The first-order chi connectivity index (χ1) is 8.58. The molecule has 0 radical (unpaired) electrons. The molecule has 1 heterocycles. The van der Waals surface area contributed by atoms with E-state index in [1.54, 1.807) is 4.57 Å². The largest absolute Gasteiger partial charge is 0.399 e. The van der Waals surface area contributed by atoms with Crippen molar-refractivity contribution in [3.63, 3.8) is 0 Å². The molecule has 0 aliphatic rings. The van der Waals surface area contributed by atoms with Crippen LogP contribution in [-0.4, -0.2) is 9.55 Å². The molecule has 1 aromatic carbocycles. The molecule has 0 fully saturated rings. The molecule has 0 saturated carbocycles. The normalized spacial score (nSPS) is 10.6. The minimum Gasteiger partial charge on any atom is -0.399 e. The quantitative estimate of drug-likeness (QED) is 0.834. The molecule has 0 bridgehead atoms. The predicted octanol–water partition coefficient (Wildman–Crippen LogP) is 1.69. The summed E-state index contributed by atoms with van der Waals surface area (Å²) in [6, 6.07) is 9.63. The lowest BCUT2D eigenvalue weighted by Crippen LogP contribution is -2.26. The summed E-state index contributed by atoms with van der Waals surface area (Å²) in [6.07, 6.45) is 0.734. The molecule has 2 rings (SSSR count). The summed E-state index contributed by atoms with van der Waals surface area (Å²) in [5.41, 5.74) is 9.21. The van der Waals surface area contributed by atoms with Gasteiger partial charge in [-0.15, -0.1) is 0 Å². The van der Waals surface area contributed by atoms with Crippen molar-refractivity contribution in [2.24, 2.45) is 0 Å². The Hall–Kier alpha value is -2.10. The van der Waals surface area contributed by atoms with Gasteiger partial charge in [0.05, 0.1) is 0 Å². The van der Waals surface area contributed by atoms with Gasteiger partial charge in [0.1, 0.15) is 0 Å². The van der Waals surface area contributed by atoms with Crippen LogP contribution in [0.2, 0.25) is 0 Å². The minimum absolute atomic E-state index is 0.193. The van der Waals surface area contributed by atoms with Crippen LogP contribution in [0.5, 0.6) is 0 Å². The van der Waals surface area contributed by atoms with Gasteiger partial charge in [0.25, 0.3) is 0 Å². The van der Waals surface area contributed by atoms with E-state index in [1.807, 2.05) is 44.2 Å². The Balaban J connectivity index is 2.22. The number of para-hydroxylation sites is 1. The first-order valence-electron chi connectivity index (χ1n) is 5.96. The fraction of sp³-hybridized carbons (Fsp3) is 0.286. The Morgan fingerprint density at radius 1 is 1.28 bits per heavy atom. The number of rotatable bonds is 3. The number of nitrogens with two attached hydrogens (primary N) is 1. The number of nitrogens with zero attached hydrogens (tertiary/aromatic N) is 2. The molecule has 18 heavy (non-hydrogen) atoms. The minimum atomic E-state index is -0.193. The summed E-state index contributed by atoms with van der Waals surface area (Å²) < 4.78 is 1.68. The van der Waals surface area contributed by atoms with Crippen LogP contribution in [0, 0.1) is 13.8 Å². The van der Waals surface area contributed by atoms with Crippen LogP contribution < -0.4 is 11.4 Å². The number of benzene rings is 1. The second kappa shape index (κ2) is 5.04. The molecule has 4 heteroatoms. The lowest BCUT2D eigenvalue weighted by atomic mass is 10.1. The van der Waals surface area contributed by atoms with Gasteiger partial charge in [-0.3, -0.25) is 4.57 Å². The average molecular weight is 243 g/mol. The van der Waals surface area contributed by atoms with E-state index in [9.17, 15) is 4.79 Å². The summed E-state index contributed by atoms with van der Waals surface area (Å²) >= 11 is 0. The first-order valence-corrected chi connectivity index (χ1v) is 5.96. The number of aryl methyl sites for hydroxylation is 3. The van der Waals surface area contributed by atoms with Gasteiger partial charge in [0.15, 0.2) is 0 Å². The van der Waals surface area contributed by atoms with E-state index in [4.69, 9.17) is 5.73 Å². The molecule has 94 valence electrons. The van der Waals surface area contributed by atoms with E-state index >= 15 is 0 Å². The molecule has 1 aromatic heterocycles. The Morgan fingerprint density at radius 3 is 2.67 bits per heavy atom. The molecule has 0 saturated heterocycles. The van der Waals surface area contributed by atoms with Crippen molar-refractivity contribution in [3.8, 4) is 0 Å². The zero-order valence-corrected chi connectivity index (χ0v) is 10.7. The highest BCUT2D eigenvalue weighted by molar-refractivity contribution is 5.46. The second-order valence-electron chi connectivity index (χ2n) is 4.42. The second-order valence-corrected chi connectivity index (χ2v) is 4.42. The van der Waals surface area contributed by atoms with Gasteiger partial charge in [-0.25, -0.2) is 4.79 Å². The van der Waals surface area contributed by atoms with Crippen LogP contribution >= 0.6 is 0 Å². The maximum Gasteiger partial charge on any atom is 0.347 e. The van der Waals surface area contributed by atoms with Crippen LogP contribution in [0.3, 0.4) is 0 Å². The zero-order chi connectivity index (χ0) is 13.1. The van der Waals surface area contributed by atoms with Crippen LogP contribution in [0.15, 0.2) is 35.1 Å². The topological polar surface area (TPSA) is 60.9 Å². The van der Waals surface area contributed by atoms with E-state index < -0.39 is 0 Å². The summed E-state index contributed by atoms with van der Waals surface area (Å²) in [5, 5.41) is 0. The van der Waals surface area contributed by atoms with Gasteiger partial charge in [-0.05, 0) is 38.0 Å². The summed E-state index contributed by atoms with van der Waals surface area (Å²) in [7, 11) is 0. The summed E-state index contributed by atoms with van der Waals surface area (Å²) in [4.78, 5) is 15.7. The number of nitrogen functional groups attached to an aromatic ring is 1. The third kappa shape index (κ3) is 2.59. The van der Waals surface area contributed by atoms with E-state index in [1.165, 1.54) is 0 Å². The van der Waals surface area contributed by atoms with Gasteiger partial charge >= 0.3 is 5.69 Å². The Bertz CT molecular complexity index is 617. The molecule has 4 nitrogen and oxygen atoms in total. The van der Waals surface area contributed by atoms with Crippen molar-refractivity contribution in [1.29, 1.82) is 0 Å². The molecule has 0 atom stereocenters. The van der Waals surface area contributed by atoms with E-state index in [0.717, 1.165) is 29.1 Å². The van der Waals surface area contributed by atoms with Gasteiger partial charge in [0.2, 0.25) is 0 Å².